The van der Waals surface area contributed by atoms with Gasteiger partial charge in [0.2, 0.25) is 0 Å². The molecule has 0 amide bonds. The van der Waals surface area contributed by atoms with Crippen LogP contribution in [0.2, 0.25) is 0 Å². The summed E-state index contributed by atoms with van der Waals surface area (Å²) in [6.07, 6.45) is -0.291. The van der Waals surface area contributed by atoms with Gasteiger partial charge in [0, 0.05) is 6.42 Å². The molecule has 0 bridgehead atoms. The van der Waals surface area contributed by atoms with Crippen molar-refractivity contribution in [3.63, 3.8) is 0 Å². The molecule has 1 aliphatic carbocycles. The molecule has 34 heavy (non-hydrogen) atoms. The lowest BCUT2D eigenvalue weighted by Crippen LogP contribution is -2.43. The van der Waals surface area contributed by atoms with E-state index in [0.29, 0.717) is 6.07 Å². The standard InChI is InChI=1S/C24H26F3NO5S/c25-24(26,27)18-7-4-8-20(14-18)34(31,32)28-15-19(10-12-23(29)30)33-22-11-9-17(13-21(22)28)16-5-2-1-3-6-16/h4,7-9,11,13-14,16,19H,1-3,5-6,10,12,15H2,(H,29,30)/t19-/m0/s1. The molecule has 2 aromatic rings. The minimum absolute atomic E-state index is 0.0633. The Labute approximate surface area is 196 Å². The number of benzene rings is 2. The van der Waals surface area contributed by atoms with Gasteiger partial charge in [-0.15, -0.1) is 0 Å². The molecule has 184 valence electrons. The molecule has 0 spiro atoms. The van der Waals surface area contributed by atoms with E-state index < -0.39 is 38.7 Å². The molecule has 1 aliphatic heterocycles. The molecule has 10 heteroatoms. The van der Waals surface area contributed by atoms with Gasteiger partial charge < -0.3 is 9.84 Å². The molecule has 2 aliphatic rings. The van der Waals surface area contributed by atoms with Crippen molar-refractivity contribution in [2.24, 2.45) is 0 Å². The number of alkyl halides is 3. The van der Waals surface area contributed by atoms with E-state index in [2.05, 4.69) is 0 Å². The van der Waals surface area contributed by atoms with Gasteiger partial charge in [-0.2, -0.15) is 13.2 Å². The van der Waals surface area contributed by atoms with E-state index in [4.69, 9.17) is 9.84 Å². The first-order chi connectivity index (χ1) is 16.1. The predicted molar refractivity (Wildman–Crippen MR) is 120 cm³/mol. The first kappa shape index (κ1) is 24.4. The van der Waals surface area contributed by atoms with Crippen LogP contribution in [0.4, 0.5) is 18.9 Å². The Morgan fingerprint density at radius 1 is 1.09 bits per heavy atom. The van der Waals surface area contributed by atoms with Gasteiger partial charge in [-0.25, -0.2) is 8.42 Å². The smallest absolute Gasteiger partial charge is 0.416 e. The van der Waals surface area contributed by atoms with Crippen molar-refractivity contribution in [2.75, 3.05) is 10.8 Å². The lowest BCUT2D eigenvalue weighted by atomic mass is 9.84. The van der Waals surface area contributed by atoms with Crippen LogP contribution >= 0.6 is 0 Å². The highest BCUT2D eigenvalue weighted by Crippen LogP contribution is 2.42. The second kappa shape index (κ2) is 9.48. The molecule has 6 nitrogen and oxygen atoms in total. The third kappa shape index (κ3) is 5.16. The van der Waals surface area contributed by atoms with Crippen LogP contribution in [-0.2, 0) is 21.0 Å². The number of ether oxygens (including phenoxy) is 1. The molecule has 1 fully saturated rings. The van der Waals surface area contributed by atoms with E-state index >= 15 is 0 Å². The quantitative estimate of drug-likeness (QED) is 0.564. The largest absolute Gasteiger partial charge is 0.486 e. The van der Waals surface area contributed by atoms with Crippen LogP contribution in [0.5, 0.6) is 5.75 Å². The second-order valence-electron chi connectivity index (χ2n) is 8.80. The fourth-order valence-electron chi connectivity index (χ4n) is 4.64. The van der Waals surface area contributed by atoms with Crippen molar-refractivity contribution in [1.29, 1.82) is 0 Å². The number of hydrogen-bond donors (Lipinski definition) is 1. The zero-order valence-corrected chi connectivity index (χ0v) is 19.2. The third-order valence-electron chi connectivity index (χ3n) is 6.42. The summed E-state index contributed by atoms with van der Waals surface area (Å²) in [7, 11) is -4.37. The number of carboxylic acids is 1. The summed E-state index contributed by atoms with van der Waals surface area (Å²) in [6.45, 7) is -0.188. The van der Waals surface area contributed by atoms with E-state index in [-0.39, 0.29) is 36.7 Å². The number of aliphatic carboxylic acids is 1. The van der Waals surface area contributed by atoms with Crippen LogP contribution in [0, 0.1) is 0 Å². The minimum Gasteiger partial charge on any atom is -0.486 e. The number of nitrogens with zero attached hydrogens (tertiary/aromatic N) is 1. The van der Waals surface area contributed by atoms with Crippen LogP contribution < -0.4 is 9.04 Å². The molecule has 0 saturated heterocycles. The summed E-state index contributed by atoms with van der Waals surface area (Å²) in [5.74, 6) is -0.493. The van der Waals surface area contributed by atoms with Gasteiger partial charge in [0.15, 0.2) is 0 Å². The zero-order chi connectivity index (χ0) is 24.5. The van der Waals surface area contributed by atoms with Gasteiger partial charge in [-0.3, -0.25) is 9.10 Å². The Bertz CT molecular complexity index is 1160. The first-order valence-corrected chi connectivity index (χ1v) is 12.7. The summed E-state index contributed by atoms with van der Waals surface area (Å²) >= 11 is 0. The van der Waals surface area contributed by atoms with Gasteiger partial charge in [-0.05, 0) is 61.1 Å². The zero-order valence-electron chi connectivity index (χ0n) is 18.4. The van der Waals surface area contributed by atoms with Gasteiger partial charge in [0.1, 0.15) is 11.9 Å². The minimum atomic E-state index is -4.69. The normalized spacial score (nSPS) is 19.4. The summed E-state index contributed by atoms with van der Waals surface area (Å²) in [5, 5.41) is 9.04. The number of hydrogen-bond acceptors (Lipinski definition) is 4. The molecule has 1 N–H and O–H groups in total. The SMILES string of the molecule is O=C(O)CC[C@H]1CN(S(=O)(=O)c2cccc(C(F)(F)F)c2)c2cc(C3CCCCC3)ccc2O1. The maximum atomic E-state index is 13.6. The fourth-order valence-corrected chi connectivity index (χ4v) is 6.19. The molecule has 0 radical (unpaired) electrons. The van der Waals surface area contributed by atoms with Crippen LogP contribution in [0.25, 0.3) is 0 Å². The number of fused-ring (bicyclic) bond motifs is 1. The van der Waals surface area contributed by atoms with Gasteiger partial charge >= 0.3 is 12.1 Å². The lowest BCUT2D eigenvalue weighted by molar-refractivity contribution is -0.138. The molecule has 1 saturated carbocycles. The van der Waals surface area contributed by atoms with Crippen LogP contribution in [-0.4, -0.2) is 32.1 Å². The molecule has 4 rings (SSSR count). The molecule has 1 heterocycles. The number of carboxylic acid groups (broad SMARTS) is 1. The van der Waals surface area contributed by atoms with E-state index in [1.54, 1.807) is 12.1 Å². The Hall–Kier alpha value is -2.75. The number of halogens is 3. The average molecular weight is 498 g/mol. The number of sulfonamides is 1. The Kier molecular flexibility index (Phi) is 6.80. The number of carbonyl (C=O) groups is 1. The fraction of sp³-hybridized carbons (Fsp3) is 0.458. The van der Waals surface area contributed by atoms with E-state index in [1.807, 2.05) is 6.07 Å². The Morgan fingerprint density at radius 2 is 1.82 bits per heavy atom. The van der Waals surface area contributed by atoms with Crippen LogP contribution in [0.1, 0.15) is 62.0 Å². The average Bonchev–Trinajstić information content (AvgIpc) is 2.82. The molecular formula is C24H26F3NO5S. The summed E-state index contributed by atoms with van der Waals surface area (Å²) in [6, 6.07) is 8.98. The van der Waals surface area contributed by atoms with Crippen molar-refractivity contribution < 1.29 is 36.2 Å². The van der Waals surface area contributed by atoms with Gasteiger partial charge in [0.05, 0.1) is 22.7 Å². The number of rotatable bonds is 6. The summed E-state index contributed by atoms with van der Waals surface area (Å²) in [5.41, 5.74) is 0.183. The van der Waals surface area contributed by atoms with Crippen LogP contribution in [0.15, 0.2) is 47.4 Å². The molecule has 1 atom stereocenters. The summed E-state index contributed by atoms with van der Waals surface area (Å²) in [4.78, 5) is 10.6. The Morgan fingerprint density at radius 3 is 2.50 bits per heavy atom. The van der Waals surface area contributed by atoms with Crippen molar-refractivity contribution in [1.82, 2.24) is 0 Å². The first-order valence-electron chi connectivity index (χ1n) is 11.3. The highest BCUT2D eigenvalue weighted by Gasteiger charge is 2.37. The van der Waals surface area contributed by atoms with Crippen molar-refractivity contribution >= 4 is 21.7 Å². The van der Waals surface area contributed by atoms with Crippen molar-refractivity contribution in [3.8, 4) is 5.75 Å². The topological polar surface area (TPSA) is 83.9 Å². The predicted octanol–water partition coefficient (Wildman–Crippen LogP) is 5.57. The van der Waals surface area contributed by atoms with E-state index in [0.717, 1.165) is 60.2 Å². The van der Waals surface area contributed by atoms with Gasteiger partial charge in [-0.1, -0.05) is 31.4 Å². The van der Waals surface area contributed by atoms with E-state index in [1.165, 1.54) is 0 Å². The third-order valence-corrected chi connectivity index (χ3v) is 8.20. The maximum absolute atomic E-state index is 13.6. The molecule has 2 aromatic carbocycles. The van der Waals surface area contributed by atoms with Crippen LogP contribution in [0.3, 0.4) is 0 Å². The maximum Gasteiger partial charge on any atom is 0.416 e. The van der Waals surface area contributed by atoms with Crippen molar-refractivity contribution in [3.05, 3.63) is 53.6 Å². The Balaban J connectivity index is 1.75. The molecular weight excluding hydrogens is 471 g/mol. The second-order valence-corrected chi connectivity index (χ2v) is 10.7. The highest BCUT2D eigenvalue weighted by atomic mass is 32.2. The lowest BCUT2D eigenvalue weighted by Gasteiger charge is -2.36. The molecule has 0 unspecified atom stereocenters. The summed E-state index contributed by atoms with van der Waals surface area (Å²) < 4.78 is 73.9. The van der Waals surface area contributed by atoms with E-state index in [9.17, 15) is 26.4 Å². The number of anilines is 1. The highest BCUT2D eigenvalue weighted by molar-refractivity contribution is 7.92. The monoisotopic (exact) mass is 497 g/mol. The molecule has 0 aromatic heterocycles. The van der Waals surface area contributed by atoms with Crippen molar-refractivity contribution in [2.45, 2.75) is 68.0 Å². The van der Waals surface area contributed by atoms with Gasteiger partial charge in [0.25, 0.3) is 10.0 Å².